The molecule has 0 radical (unpaired) electrons. The van der Waals surface area contributed by atoms with Gasteiger partial charge in [0, 0.05) is 30.8 Å². The molecule has 0 aliphatic carbocycles. The maximum Gasteiger partial charge on any atom is 0.356 e. The number of carbonyl (C=O) groups is 1. The molecule has 0 aliphatic heterocycles. The SMILES string of the molecule is Cc1c(CNc2cnc(C(C)C)nc2C(=O)O)cnn1C. The van der Waals surface area contributed by atoms with Gasteiger partial charge in [-0.15, -0.1) is 0 Å². The van der Waals surface area contributed by atoms with E-state index in [1.54, 1.807) is 10.9 Å². The second-order valence-corrected chi connectivity index (χ2v) is 5.18. The van der Waals surface area contributed by atoms with Crippen LogP contribution in [0.3, 0.4) is 0 Å². The van der Waals surface area contributed by atoms with Crippen molar-refractivity contribution in [2.75, 3.05) is 5.32 Å². The van der Waals surface area contributed by atoms with Gasteiger partial charge in [0.25, 0.3) is 0 Å². The molecule has 7 nitrogen and oxygen atoms in total. The van der Waals surface area contributed by atoms with Crippen molar-refractivity contribution in [1.29, 1.82) is 0 Å². The number of aromatic nitrogens is 4. The number of carboxylic acid groups (broad SMARTS) is 1. The number of aryl methyl sites for hydroxylation is 1. The average molecular weight is 289 g/mol. The van der Waals surface area contributed by atoms with Crippen LogP contribution in [0.5, 0.6) is 0 Å². The molecule has 0 spiro atoms. The van der Waals surface area contributed by atoms with Crippen molar-refractivity contribution in [2.45, 2.75) is 33.2 Å². The van der Waals surface area contributed by atoms with Crippen LogP contribution in [-0.4, -0.2) is 30.8 Å². The summed E-state index contributed by atoms with van der Waals surface area (Å²) < 4.78 is 1.77. The molecular formula is C14H19N5O2. The minimum Gasteiger partial charge on any atom is -0.476 e. The number of rotatable bonds is 5. The van der Waals surface area contributed by atoms with Crippen LogP contribution in [0.25, 0.3) is 0 Å². The van der Waals surface area contributed by atoms with E-state index in [1.165, 1.54) is 6.20 Å². The first kappa shape index (κ1) is 15.0. The van der Waals surface area contributed by atoms with Crippen molar-refractivity contribution in [3.8, 4) is 0 Å². The number of anilines is 1. The minimum atomic E-state index is -1.07. The van der Waals surface area contributed by atoms with E-state index >= 15 is 0 Å². The minimum absolute atomic E-state index is 0.00440. The fraction of sp³-hybridized carbons (Fsp3) is 0.429. The Kier molecular flexibility index (Phi) is 4.21. The van der Waals surface area contributed by atoms with Gasteiger partial charge in [0.2, 0.25) is 0 Å². The summed E-state index contributed by atoms with van der Waals surface area (Å²) in [5, 5.41) is 16.5. The maximum absolute atomic E-state index is 11.3. The Hall–Kier alpha value is -2.44. The molecule has 21 heavy (non-hydrogen) atoms. The van der Waals surface area contributed by atoms with Gasteiger partial charge in [-0.2, -0.15) is 5.10 Å². The quantitative estimate of drug-likeness (QED) is 0.874. The maximum atomic E-state index is 11.3. The Morgan fingerprint density at radius 1 is 1.43 bits per heavy atom. The first-order valence-electron chi connectivity index (χ1n) is 6.71. The van der Waals surface area contributed by atoms with Crippen LogP contribution < -0.4 is 5.32 Å². The monoisotopic (exact) mass is 289 g/mol. The van der Waals surface area contributed by atoms with E-state index in [1.807, 2.05) is 27.8 Å². The summed E-state index contributed by atoms with van der Waals surface area (Å²) in [7, 11) is 1.86. The lowest BCUT2D eigenvalue weighted by Crippen LogP contribution is -2.12. The van der Waals surface area contributed by atoms with Crippen molar-refractivity contribution in [2.24, 2.45) is 7.05 Å². The second kappa shape index (κ2) is 5.90. The Labute approximate surface area is 123 Å². The van der Waals surface area contributed by atoms with Crippen LogP contribution >= 0.6 is 0 Å². The molecule has 0 aliphatic rings. The van der Waals surface area contributed by atoms with Gasteiger partial charge < -0.3 is 10.4 Å². The smallest absolute Gasteiger partial charge is 0.356 e. The highest BCUT2D eigenvalue weighted by molar-refractivity contribution is 5.91. The van der Waals surface area contributed by atoms with Gasteiger partial charge in [0.1, 0.15) is 5.82 Å². The van der Waals surface area contributed by atoms with Gasteiger partial charge in [-0.3, -0.25) is 4.68 Å². The summed E-state index contributed by atoms with van der Waals surface area (Å²) in [5.41, 5.74) is 2.44. The van der Waals surface area contributed by atoms with E-state index in [9.17, 15) is 9.90 Å². The molecule has 0 fully saturated rings. The molecule has 2 aromatic heterocycles. The number of aromatic carboxylic acids is 1. The summed E-state index contributed by atoms with van der Waals surface area (Å²) in [4.78, 5) is 19.7. The first-order valence-corrected chi connectivity index (χ1v) is 6.71. The normalized spacial score (nSPS) is 10.9. The topological polar surface area (TPSA) is 92.9 Å². The van der Waals surface area contributed by atoms with Crippen LogP contribution in [0.1, 0.15) is 47.3 Å². The largest absolute Gasteiger partial charge is 0.476 e. The summed E-state index contributed by atoms with van der Waals surface area (Å²) in [6.07, 6.45) is 3.28. The molecule has 2 heterocycles. The van der Waals surface area contributed by atoms with E-state index in [0.717, 1.165) is 11.3 Å². The molecular weight excluding hydrogens is 270 g/mol. The molecule has 2 aromatic rings. The highest BCUT2D eigenvalue weighted by Crippen LogP contribution is 2.18. The van der Waals surface area contributed by atoms with Gasteiger partial charge in [-0.25, -0.2) is 14.8 Å². The number of hydrogen-bond donors (Lipinski definition) is 2. The Morgan fingerprint density at radius 2 is 2.14 bits per heavy atom. The van der Waals surface area contributed by atoms with Crippen LogP contribution in [0.2, 0.25) is 0 Å². The van der Waals surface area contributed by atoms with E-state index in [4.69, 9.17) is 0 Å². The van der Waals surface area contributed by atoms with Gasteiger partial charge in [-0.1, -0.05) is 13.8 Å². The highest BCUT2D eigenvalue weighted by Gasteiger charge is 2.16. The second-order valence-electron chi connectivity index (χ2n) is 5.18. The molecule has 0 saturated carbocycles. The molecule has 0 saturated heterocycles. The summed E-state index contributed by atoms with van der Waals surface area (Å²) in [5.74, 6) is -0.460. The predicted molar refractivity (Wildman–Crippen MR) is 78.4 cm³/mol. The lowest BCUT2D eigenvalue weighted by atomic mass is 10.2. The zero-order valence-corrected chi connectivity index (χ0v) is 12.6. The van der Waals surface area contributed by atoms with Crippen molar-refractivity contribution in [3.63, 3.8) is 0 Å². The van der Waals surface area contributed by atoms with E-state index in [0.29, 0.717) is 18.1 Å². The Morgan fingerprint density at radius 3 is 2.67 bits per heavy atom. The molecule has 0 atom stereocenters. The van der Waals surface area contributed by atoms with Crippen molar-refractivity contribution in [1.82, 2.24) is 19.7 Å². The van der Waals surface area contributed by atoms with E-state index in [2.05, 4.69) is 20.4 Å². The summed E-state index contributed by atoms with van der Waals surface area (Å²) in [6.45, 7) is 6.28. The number of carboxylic acids is 1. The fourth-order valence-electron chi connectivity index (χ4n) is 1.87. The number of hydrogen-bond acceptors (Lipinski definition) is 5. The number of nitrogens with zero attached hydrogens (tertiary/aromatic N) is 4. The van der Waals surface area contributed by atoms with Gasteiger partial charge in [0.05, 0.1) is 18.1 Å². The molecule has 0 amide bonds. The summed E-state index contributed by atoms with van der Waals surface area (Å²) in [6, 6.07) is 0. The zero-order chi connectivity index (χ0) is 15.6. The zero-order valence-electron chi connectivity index (χ0n) is 12.6. The first-order chi connectivity index (χ1) is 9.90. The molecule has 7 heteroatoms. The predicted octanol–water partition coefficient (Wildman–Crippen LogP) is 1.95. The third kappa shape index (κ3) is 3.18. The Balaban J connectivity index is 2.23. The van der Waals surface area contributed by atoms with Crippen molar-refractivity contribution in [3.05, 3.63) is 35.2 Å². The lowest BCUT2D eigenvalue weighted by molar-refractivity contribution is 0.0691. The van der Waals surface area contributed by atoms with E-state index in [-0.39, 0.29) is 11.6 Å². The molecule has 0 bridgehead atoms. The van der Waals surface area contributed by atoms with Crippen LogP contribution in [0, 0.1) is 6.92 Å². The van der Waals surface area contributed by atoms with Crippen molar-refractivity contribution < 1.29 is 9.90 Å². The molecule has 2 N–H and O–H groups in total. The van der Waals surface area contributed by atoms with Crippen molar-refractivity contribution >= 4 is 11.7 Å². The standard InChI is InChI=1S/C14H19N5O2/c1-8(2)13-16-7-11(12(18-13)14(20)21)15-5-10-6-17-19(4)9(10)3/h6-8,15H,5H2,1-4H3,(H,20,21). The van der Waals surface area contributed by atoms with Crippen LogP contribution in [0.15, 0.2) is 12.4 Å². The Bertz CT molecular complexity index is 663. The highest BCUT2D eigenvalue weighted by atomic mass is 16.4. The number of nitrogens with one attached hydrogen (secondary N) is 1. The third-order valence-corrected chi connectivity index (χ3v) is 3.33. The van der Waals surface area contributed by atoms with Gasteiger partial charge >= 0.3 is 5.97 Å². The molecule has 0 unspecified atom stereocenters. The average Bonchev–Trinajstić information content (AvgIpc) is 2.76. The van der Waals surface area contributed by atoms with Gasteiger partial charge in [0.15, 0.2) is 5.69 Å². The summed E-state index contributed by atoms with van der Waals surface area (Å²) >= 11 is 0. The fourth-order valence-corrected chi connectivity index (χ4v) is 1.87. The third-order valence-electron chi connectivity index (χ3n) is 3.33. The van der Waals surface area contributed by atoms with Gasteiger partial charge in [-0.05, 0) is 6.92 Å². The van der Waals surface area contributed by atoms with E-state index < -0.39 is 5.97 Å². The lowest BCUT2D eigenvalue weighted by Gasteiger charge is -2.11. The molecule has 112 valence electrons. The molecule has 2 rings (SSSR count). The van der Waals surface area contributed by atoms with Crippen LogP contribution in [0.4, 0.5) is 5.69 Å². The van der Waals surface area contributed by atoms with Crippen LogP contribution in [-0.2, 0) is 13.6 Å². The molecule has 0 aromatic carbocycles.